The van der Waals surface area contributed by atoms with E-state index in [9.17, 15) is 0 Å². The maximum Gasteiger partial charge on any atom is 0.0195 e. The molecule has 0 unspecified atom stereocenters. The van der Waals surface area contributed by atoms with E-state index in [0.29, 0.717) is 0 Å². The second-order valence-electron chi connectivity index (χ2n) is 6.01. The van der Waals surface area contributed by atoms with Crippen molar-refractivity contribution in [1.29, 1.82) is 0 Å². The Kier molecular flexibility index (Phi) is 7.31. The van der Waals surface area contributed by atoms with Crippen LogP contribution >= 0.6 is 0 Å². The van der Waals surface area contributed by atoms with Gasteiger partial charge in [-0.2, -0.15) is 0 Å². The van der Waals surface area contributed by atoms with E-state index in [1.165, 1.54) is 11.1 Å². The highest BCUT2D eigenvalue weighted by molar-refractivity contribution is 5.83. The fourth-order valence-electron chi connectivity index (χ4n) is 2.85. The van der Waals surface area contributed by atoms with Crippen LogP contribution in [0.15, 0.2) is 97.8 Å². The number of allylic oxidation sites excluding steroid dienone is 4. The van der Waals surface area contributed by atoms with Gasteiger partial charge in [-0.1, -0.05) is 49.1 Å². The molecule has 1 heterocycles. The smallest absolute Gasteiger partial charge is 0.0195 e. The lowest BCUT2D eigenvalue weighted by Gasteiger charge is -2.14. The molecule has 0 saturated heterocycles. The average molecular weight is 345 g/mol. The number of hydrogen-bond donors (Lipinski definition) is 3. The fourth-order valence-corrected chi connectivity index (χ4v) is 2.85. The fraction of sp³-hybridized carbons (Fsp3) is 0.130. The van der Waals surface area contributed by atoms with Gasteiger partial charge in [-0.15, -0.1) is 0 Å². The molecule has 0 fully saturated rings. The second-order valence-corrected chi connectivity index (χ2v) is 6.01. The first-order chi connectivity index (χ1) is 12.7. The molecule has 2 rings (SSSR count). The van der Waals surface area contributed by atoms with E-state index < -0.39 is 0 Å². The lowest BCUT2D eigenvalue weighted by atomic mass is 9.92. The zero-order chi connectivity index (χ0) is 18.8. The summed E-state index contributed by atoms with van der Waals surface area (Å²) in [4.78, 5) is 3.26. The summed E-state index contributed by atoms with van der Waals surface area (Å²) in [6.07, 6.45) is 12.2. The van der Waals surface area contributed by atoms with Crippen molar-refractivity contribution < 1.29 is 0 Å². The maximum atomic E-state index is 3.76. The molecule has 0 amide bonds. The van der Waals surface area contributed by atoms with E-state index in [1.54, 1.807) is 12.4 Å². The van der Waals surface area contributed by atoms with Crippen LogP contribution in [-0.2, 0) is 6.42 Å². The minimum atomic E-state index is 0.878. The number of rotatable bonds is 9. The summed E-state index contributed by atoms with van der Waals surface area (Å²) in [6, 6.07) is 12.6. The van der Waals surface area contributed by atoms with E-state index in [-0.39, 0.29) is 0 Å². The third kappa shape index (κ3) is 5.15. The molecule has 3 N–H and O–H groups in total. The number of aryl methyl sites for hydroxylation is 1. The van der Waals surface area contributed by atoms with E-state index >= 15 is 0 Å². The highest BCUT2D eigenvalue weighted by atomic mass is 14.8. The molecule has 1 aromatic heterocycles. The van der Waals surface area contributed by atoms with Crippen LogP contribution in [0.1, 0.15) is 23.7 Å². The van der Waals surface area contributed by atoms with Gasteiger partial charge < -0.3 is 15.6 Å². The molecular formula is C23H27N3. The molecule has 3 nitrogen and oxygen atoms in total. The molecule has 0 aliphatic rings. The molecule has 2 aromatic rings. The van der Waals surface area contributed by atoms with Crippen molar-refractivity contribution >= 4 is 5.57 Å². The van der Waals surface area contributed by atoms with E-state index in [4.69, 9.17) is 0 Å². The van der Waals surface area contributed by atoms with E-state index in [2.05, 4.69) is 79.0 Å². The Balaban J connectivity index is 2.52. The van der Waals surface area contributed by atoms with E-state index in [0.717, 1.165) is 28.8 Å². The van der Waals surface area contributed by atoms with Crippen LogP contribution in [0.4, 0.5) is 0 Å². The number of benzene rings is 1. The number of hydrogen-bond acceptors (Lipinski definition) is 2. The van der Waals surface area contributed by atoms with Gasteiger partial charge in [0.25, 0.3) is 0 Å². The van der Waals surface area contributed by atoms with Gasteiger partial charge in [-0.3, -0.25) is 0 Å². The Labute approximate surface area is 156 Å². The minimum Gasteiger partial charge on any atom is -0.368 e. The van der Waals surface area contributed by atoms with Crippen LogP contribution in [0.3, 0.4) is 0 Å². The van der Waals surface area contributed by atoms with E-state index in [1.807, 2.05) is 24.7 Å². The molecule has 0 radical (unpaired) electrons. The highest BCUT2D eigenvalue weighted by Gasteiger charge is 2.12. The Hall–Kier alpha value is -3.20. The number of nitrogens with one attached hydrogen (secondary N) is 3. The van der Waals surface area contributed by atoms with Gasteiger partial charge in [-0.25, -0.2) is 0 Å². The van der Waals surface area contributed by atoms with Gasteiger partial charge >= 0.3 is 0 Å². The minimum absolute atomic E-state index is 0.878. The Morgan fingerprint density at radius 1 is 1.08 bits per heavy atom. The molecule has 134 valence electrons. The first-order valence-electron chi connectivity index (χ1n) is 8.66. The molecular weight excluding hydrogens is 318 g/mol. The first-order valence-corrected chi connectivity index (χ1v) is 8.66. The quantitative estimate of drug-likeness (QED) is 0.546. The van der Waals surface area contributed by atoms with Gasteiger partial charge in [0, 0.05) is 35.4 Å². The molecule has 0 atom stereocenters. The van der Waals surface area contributed by atoms with Crippen molar-refractivity contribution in [1.82, 2.24) is 15.6 Å². The SMILES string of the molecule is C=CN\C=C/C(C(=C/NC=C)/c1cc[nH]c1C)=C(\C)Cc1ccccc1. The Morgan fingerprint density at radius 3 is 2.42 bits per heavy atom. The average Bonchev–Trinajstić information content (AvgIpc) is 3.07. The van der Waals surface area contributed by atoms with Gasteiger partial charge in [0.05, 0.1) is 0 Å². The zero-order valence-corrected chi connectivity index (χ0v) is 15.5. The summed E-state index contributed by atoms with van der Waals surface area (Å²) in [5.74, 6) is 0. The van der Waals surface area contributed by atoms with Gasteiger partial charge in [-0.05, 0) is 55.9 Å². The second kappa shape index (κ2) is 9.94. The number of aromatic amines is 1. The summed E-state index contributed by atoms with van der Waals surface area (Å²) in [7, 11) is 0. The summed E-state index contributed by atoms with van der Waals surface area (Å²) in [6.45, 7) is 11.7. The van der Waals surface area contributed by atoms with Crippen molar-refractivity contribution in [3.05, 3.63) is 115 Å². The Morgan fingerprint density at radius 2 is 1.81 bits per heavy atom. The van der Waals surface area contributed by atoms with Crippen molar-refractivity contribution in [2.75, 3.05) is 0 Å². The van der Waals surface area contributed by atoms with Crippen LogP contribution in [-0.4, -0.2) is 4.98 Å². The summed E-state index contributed by atoms with van der Waals surface area (Å²) >= 11 is 0. The number of H-pyrrole nitrogens is 1. The zero-order valence-electron chi connectivity index (χ0n) is 15.5. The molecule has 26 heavy (non-hydrogen) atoms. The van der Waals surface area contributed by atoms with Crippen LogP contribution in [0.5, 0.6) is 0 Å². The predicted octanol–water partition coefficient (Wildman–Crippen LogP) is 5.20. The van der Waals surface area contributed by atoms with Crippen LogP contribution in [0, 0.1) is 6.92 Å². The molecule has 0 aliphatic heterocycles. The van der Waals surface area contributed by atoms with Crippen molar-refractivity contribution in [3.8, 4) is 0 Å². The highest BCUT2D eigenvalue weighted by Crippen LogP contribution is 2.29. The molecule has 0 spiro atoms. The molecule has 0 aliphatic carbocycles. The summed E-state index contributed by atoms with van der Waals surface area (Å²) in [5.41, 5.74) is 7.10. The predicted molar refractivity (Wildman–Crippen MR) is 112 cm³/mol. The molecule has 0 bridgehead atoms. The van der Waals surface area contributed by atoms with Crippen LogP contribution in [0.25, 0.3) is 5.57 Å². The van der Waals surface area contributed by atoms with Crippen molar-refractivity contribution in [3.63, 3.8) is 0 Å². The standard InChI is InChI=1S/C23H27N3/c1-5-24-14-12-21(18(3)16-20-10-8-7-9-11-20)23(17-25-6-2)22-13-15-26-19(22)4/h5-15,17,24-26H,1-2,16H2,3-4H3/b14-12-,21-18-,23-17-. The van der Waals surface area contributed by atoms with Gasteiger partial charge in [0.1, 0.15) is 0 Å². The van der Waals surface area contributed by atoms with Crippen molar-refractivity contribution in [2.24, 2.45) is 0 Å². The molecule has 0 saturated carbocycles. The maximum absolute atomic E-state index is 3.76. The van der Waals surface area contributed by atoms with Crippen LogP contribution in [0.2, 0.25) is 0 Å². The third-order valence-electron chi connectivity index (χ3n) is 4.12. The molecule has 1 aromatic carbocycles. The van der Waals surface area contributed by atoms with Crippen LogP contribution < -0.4 is 10.6 Å². The monoisotopic (exact) mass is 345 g/mol. The lowest BCUT2D eigenvalue weighted by Crippen LogP contribution is -2.02. The third-order valence-corrected chi connectivity index (χ3v) is 4.12. The van der Waals surface area contributed by atoms with Crippen molar-refractivity contribution in [2.45, 2.75) is 20.3 Å². The topological polar surface area (TPSA) is 39.8 Å². The molecule has 3 heteroatoms. The largest absolute Gasteiger partial charge is 0.368 e. The Bertz CT molecular complexity index is 820. The first kappa shape index (κ1) is 19.1. The number of aromatic nitrogens is 1. The summed E-state index contributed by atoms with van der Waals surface area (Å²) in [5, 5.41) is 6.17. The lowest BCUT2D eigenvalue weighted by molar-refractivity contribution is 1.11. The van der Waals surface area contributed by atoms with Gasteiger partial charge in [0.15, 0.2) is 0 Å². The summed E-state index contributed by atoms with van der Waals surface area (Å²) < 4.78 is 0. The normalized spacial score (nSPS) is 12.6. The van der Waals surface area contributed by atoms with Gasteiger partial charge in [0.2, 0.25) is 0 Å².